The third-order valence-corrected chi connectivity index (χ3v) is 5.35. The van der Waals surface area contributed by atoms with Gasteiger partial charge in [-0.1, -0.05) is 67.6 Å². The largest absolute Gasteiger partial charge is 0.351 e. The van der Waals surface area contributed by atoms with Crippen LogP contribution in [-0.4, -0.2) is 39.4 Å². The van der Waals surface area contributed by atoms with Crippen LogP contribution in [0.15, 0.2) is 66.9 Å². The molecule has 1 aromatic heterocycles. The number of aromatic nitrogens is 2. The van der Waals surface area contributed by atoms with Gasteiger partial charge in [-0.05, 0) is 17.5 Å². The normalized spacial score (nSPS) is 15.5. The Morgan fingerprint density at radius 1 is 1.03 bits per heavy atom. The van der Waals surface area contributed by atoms with Gasteiger partial charge in [0.05, 0.1) is 6.42 Å². The predicted octanol–water partition coefficient (Wildman–Crippen LogP) is 3.20. The lowest BCUT2D eigenvalue weighted by Gasteiger charge is -2.36. The maximum Gasteiger partial charge on any atom is 0.271 e. The van der Waals surface area contributed by atoms with E-state index in [1.165, 1.54) is 0 Å². The van der Waals surface area contributed by atoms with Crippen LogP contribution in [0, 0.1) is 0 Å². The second-order valence-corrected chi connectivity index (χ2v) is 7.50. The Bertz CT molecular complexity index is 1010. The van der Waals surface area contributed by atoms with Gasteiger partial charge in [0, 0.05) is 25.8 Å². The number of amides is 2. The first kappa shape index (κ1) is 19.9. The van der Waals surface area contributed by atoms with Crippen molar-refractivity contribution in [1.29, 1.82) is 0 Å². The highest BCUT2D eigenvalue weighted by Gasteiger charge is 2.34. The van der Waals surface area contributed by atoms with Crippen molar-refractivity contribution in [2.75, 3.05) is 13.1 Å². The van der Waals surface area contributed by atoms with E-state index in [0.29, 0.717) is 31.7 Å². The van der Waals surface area contributed by atoms with Gasteiger partial charge in [-0.15, -0.1) is 0 Å². The van der Waals surface area contributed by atoms with Gasteiger partial charge < -0.3 is 14.8 Å². The highest BCUT2D eigenvalue weighted by molar-refractivity contribution is 5.92. The topological polar surface area (TPSA) is 67.2 Å². The van der Waals surface area contributed by atoms with Gasteiger partial charge in [0.15, 0.2) is 0 Å². The van der Waals surface area contributed by atoms with Crippen LogP contribution in [0.5, 0.6) is 0 Å². The molecule has 1 atom stereocenters. The summed E-state index contributed by atoms with van der Waals surface area (Å²) in [6.07, 6.45) is 3.01. The van der Waals surface area contributed by atoms with Crippen LogP contribution in [0.4, 0.5) is 0 Å². The molecule has 0 saturated heterocycles. The molecule has 0 fully saturated rings. The zero-order valence-corrected chi connectivity index (χ0v) is 17.1. The minimum absolute atomic E-state index is 0.0567. The molecule has 0 aliphatic carbocycles. The van der Waals surface area contributed by atoms with Gasteiger partial charge in [-0.3, -0.25) is 9.59 Å². The molecule has 3 aromatic rings. The molecule has 2 heterocycles. The van der Waals surface area contributed by atoms with E-state index in [-0.39, 0.29) is 17.9 Å². The number of nitrogens with zero attached hydrogens (tertiary/aromatic N) is 3. The lowest BCUT2D eigenvalue weighted by atomic mass is 10.0. The molecule has 0 saturated carbocycles. The number of imidazole rings is 1. The first-order valence-electron chi connectivity index (χ1n) is 10.4. The Morgan fingerprint density at radius 3 is 2.43 bits per heavy atom. The summed E-state index contributed by atoms with van der Waals surface area (Å²) in [7, 11) is 0. The van der Waals surface area contributed by atoms with Crippen molar-refractivity contribution in [3.63, 3.8) is 0 Å². The van der Waals surface area contributed by atoms with Gasteiger partial charge in [0.2, 0.25) is 5.91 Å². The standard InChI is InChI=1S/C24H26N4O2/c1-2-13-25-24(30)20-17-27-14-15-28(21(29)16-18-9-5-3-6-10-18)22(23(27)26-20)19-11-7-4-8-12-19/h3-12,17,22H,2,13-16H2,1H3,(H,25,30). The molecule has 6 heteroatoms. The van der Waals surface area contributed by atoms with Crippen LogP contribution in [0.3, 0.4) is 0 Å². The van der Waals surface area contributed by atoms with Crippen LogP contribution < -0.4 is 5.32 Å². The zero-order chi connectivity index (χ0) is 20.9. The van der Waals surface area contributed by atoms with Crippen LogP contribution in [0.1, 0.15) is 46.8 Å². The number of fused-ring (bicyclic) bond motifs is 1. The number of benzene rings is 2. The van der Waals surface area contributed by atoms with Gasteiger partial charge >= 0.3 is 0 Å². The quantitative estimate of drug-likeness (QED) is 0.689. The predicted molar refractivity (Wildman–Crippen MR) is 115 cm³/mol. The summed E-state index contributed by atoms with van der Waals surface area (Å²) in [5.74, 6) is 0.615. The summed E-state index contributed by atoms with van der Waals surface area (Å²) in [4.78, 5) is 32.3. The molecule has 0 bridgehead atoms. The summed E-state index contributed by atoms with van der Waals surface area (Å²) < 4.78 is 2.00. The van der Waals surface area contributed by atoms with Crippen molar-refractivity contribution in [1.82, 2.24) is 19.8 Å². The summed E-state index contributed by atoms with van der Waals surface area (Å²) in [6, 6.07) is 19.4. The minimum atomic E-state index is -0.316. The summed E-state index contributed by atoms with van der Waals surface area (Å²) in [6.45, 7) is 3.82. The Morgan fingerprint density at radius 2 is 1.73 bits per heavy atom. The molecule has 6 nitrogen and oxygen atoms in total. The highest BCUT2D eigenvalue weighted by atomic mass is 16.2. The molecule has 4 rings (SSSR count). The van der Waals surface area contributed by atoms with Crippen LogP contribution in [-0.2, 0) is 17.8 Å². The van der Waals surface area contributed by atoms with Crippen molar-refractivity contribution in [3.05, 3.63) is 89.5 Å². The van der Waals surface area contributed by atoms with E-state index in [2.05, 4.69) is 10.3 Å². The number of rotatable bonds is 6. The molecule has 2 amide bonds. The van der Waals surface area contributed by atoms with E-state index in [9.17, 15) is 9.59 Å². The molecule has 1 aliphatic heterocycles. The SMILES string of the molecule is CCCNC(=O)c1cn2c(n1)C(c1ccccc1)N(C(=O)Cc1ccccc1)CC2. The van der Waals surface area contributed by atoms with Gasteiger partial charge in [0.1, 0.15) is 17.6 Å². The highest BCUT2D eigenvalue weighted by Crippen LogP contribution is 2.32. The molecule has 154 valence electrons. The first-order chi connectivity index (χ1) is 14.7. The third-order valence-electron chi connectivity index (χ3n) is 5.35. The average Bonchev–Trinajstić information content (AvgIpc) is 3.22. The molecule has 2 aromatic carbocycles. The third kappa shape index (κ3) is 4.13. The van der Waals surface area contributed by atoms with Gasteiger partial charge in [-0.2, -0.15) is 0 Å². The van der Waals surface area contributed by atoms with Crippen molar-refractivity contribution in [2.24, 2.45) is 0 Å². The van der Waals surface area contributed by atoms with Crippen LogP contribution in [0.2, 0.25) is 0 Å². The molecule has 30 heavy (non-hydrogen) atoms. The maximum atomic E-state index is 13.3. The van der Waals surface area contributed by atoms with Crippen molar-refractivity contribution < 1.29 is 9.59 Å². The fourth-order valence-corrected chi connectivity index (χ4v) is 3.86. The van der Waals surface area contributed by atoms with Crippen molar-refractivity contribution in [3.8, 4) is 0 Å². The molecular weight excluding hydrogens is 376 g/mol. The number of hydrogen-bond acceptors (Lipinski definition) is 3. The van der Waals surface area contributed by atoms with Gasteiger partial charge in [0.25, 0.3) is 5.91 Å². The fourth-order valence-electron chi connectivity index (χ4n) is 3.86. The molecule has 0 radical (unpaired) electrons. The smallest absolute Gasteiger partial charge is 0.271 e. The van der Waals surface area contributed by atoms with Crippen molar-refractivity contribution >= 4 is 11.8 Å². The van der Waals surface area contributed by atoms with E-state index in [4.69, 9.17) is 0 Å². The molecule has 1 N–H and O–H groups in total. The van der Waals surface area contributed by atoms with Gasteiger partial charge in [-0.25, -0.2) is 4.98 Å². The number of carbonyl (C=O) groups excluding carboxylic acids is 2. The maximum absolute atomic E-state index is 13.3. The number of hydrogen-bond donors (Lipinski definition) is 1. The summed E-state index contributed by atoms with van der Waals surface area (Å²) in [5, 5.41) is 2.88. The summed E-state index contributed by atoms with van der Waals surface area (Å²) >= 11 is 0. The van der Waals surface area contributed by atoms with Crippen LogP contribution >= 0.6 is 0 Å². The Balaban J connectivity index is 1.67. The molecule has 0 spiro atoms. The van der Waals surface area contributed by atoms with Crippen LogP contribution in [0.25, 0.3) is 0 Å². The lowest BCUT2D eigenvalue weighted by Crippen LogP contribution is -2.43. The van der Waals surface area contributed by atoms with E-state index in [0.717, 1.165) is 23.4 Å². The minimum Gasteiger partial charge on any atom is -0.351 e. The van der Waals surface area contributed by atoms with E-state index < -0.39 is 0 Å². The first-order valence-corrected chi connectivity index (χ1v) is 10.4. The van der Waals surface area contributed by atoms with E-state index in [1.807, 2.05) is 77.1 Å². The Hall–Kier alpha value is -3.41. The average molecular weight is 402 g/mol. The van der Waals surface area contributed by atoms with E-state index in [1.54, 1.807) is 6.20 Å². The van der Waals surface area contributed by atoms with Crippen molar-refractivity contribution in [2.45, 2.75) is 32.4 Å². The summed E-state index contributed by atoms with van der Waals surface area (Å²) in [5.41, 5.74) is 2.38. The van der Waals surface area contributed by atoms with E-state index >= 15 is 0 Å². The molecule has 1 aliphatic rings. The molecular formula is C24H26N4O2. The lowest BCUT2D eigenvalue weighted by molar-refractivity contribution is -0.133. The Kier molecular flexibility index (Phi) is 5.93. The second-order valence-electron chi connectivity index (χ2n) is 7.50. The Labute approximate surface area is 176 Å². The molecule has 1 unspecified atom stereocenters. The fraction of sp³-hybridized carbons (Fsp3) is 0.292. The number of carbonyl (C=O) groups is 2. The number of nitrogens with one attached hydrogen (secondary N) is 1. The monoisotopic (exact) mass is 402 g/mol. The second kappa shape index (κ2) is 8.95. The zero-order valence-electron chi connectivity index (χ0n) is 17.1.